The lowest BCUT2D eigenvalue weighted by atomic mass is 9.93. The summed E-state index contributed by atoms with van der Waals surface area (Å²) in [7, 11) is 0. The normalized spacial score (nSPS) is 25.0. The van der Waals surface area contributed by atoms with Gasteiger partial charge in [-0.15, -0.1) is 0 Å². The molecular formula is C16H22N4O2. The van der Waals surface area contributed by atoms with E-state index in [-0.39, 0.29) is 23.4 Å². The van der Waals surface area contributed by atoms with Crippen LogP contribution in [0.1, 0.15) is 32.1 Å². The Morgan fingerprint density at radius 1 is 1.36 bits per heavy atom. The molecule has 2 aliphatic rings. The number of aromatic amines is 1. The number of carbonyl (C=O) groups is 1. The number of rotatable bonds is 3. The molecule has 1 aromatic rings. The molecule has 2 N–H and O–H groups in total. The zero-order chi connectivity index (χ0) is 15.4. The number of hydrogen-bond acceptors (Lipinski definition) is 4. The quantitative estimate of drug-likeness (QED) is 0.823. The van der Waals surface area contributed by atoms with E-state index in [0.717, 1.165) is 38.6 Å². The Labute approximate surface area is 129 Å². The van der Waals surface area contributed by atoms with Crippen molar-refractivity contribution in [3.63, 3.8) is 0 Å². The maximum atomic E-state index is 12.3. The van der Waals surface area contributed by atoms with Gasteiger partial charge in [0.15, 0.2) is 5.82 Å². The van der Waals surface area contributed by atoms with Crippen LogP contribution >= 0.6 is 0 Å². The topological polar surface area (TPSA) is 78.1 Å². The molecule has 6 heteroatoms. The Bertz CT molecular complexity index is 610. The summed E-state index contributed by atoms with van der Waals surface area (Å²) >= 11 is 0. The summed E-state index contributed by atoms with van der Waals surface area (Å²) in [5.41, 5.74) is -0.174. The van der Waals surface area contributed by atoms with Gasteiger partial charge in [-0.1, -0.05) is 12.2 Å². The molecule has 6 nitrogen and oxygen atoms in total. The van der Waals surface area contributed by atoms with Crippen LogP contribution in [0.3, 0.4) is 0 Å². The standard InChI is InChI=1S/C16H22N4O2/c21-15(12-5-2-1-3-6-12)19-13-7-4-10-20(11-13)14-16(22)18-9-8-17-14/h1-2,8-9,12-13H,3-7,10-11H2,(H,18,22)(H,19,21)/t12-,13+/m0/s1. The average molecular weight is 302 g/mol. The fraction of sp³-hybridized carbons (Fsp3) is 0.562. The van der Waals surface area contributed by atoms with E-state index in [1.54, 1.807) is 6.20 Å². The highest BCUT2D eigenvalue weighted by atomic mass is 16.2. The molecule has 118 valence electrons. The Kier molecular flexibility index (Phi) is 4.56. The van der Waals surface area contributed by atoms with Crippen molar-refractivity contribution < 1.29 is 4.79 Å². The van der Waals surface area contributed by atoms with E-state index >= 15 is 0 Å². The minimum absolute atomic E-state index is 0.0913. The van der Waals surface area contributed by atoms with Crippen molar-refractivity contribution >= 4 is 11.7 Å². The number of nitrogens with zero attached hydrogens (tertiary/aromatic N) is 2. The predicted molar refractivity (Wildman–Crippen MR) is 84.7 cm³/mol. The van der Waals surface area contributed by atoms with Gasteiger partial charge in [0.1, 0.15) is 0 Å². The third-order valence-corrected chi connectivity index (χ3v) is 4.40. The average Bonchev–Trinajstić information content (AvgIpc) is 2.56. The number of piperidine rings is 1. The van der Waals surface area contributed by atoms with Gasteiger partial charge in [-0.05, 0) is 32.1 Å². The monoisotopic (exact) mass is 302 g/mol. The Balaban J connectivity index is 1.61. The molecule has 1 saturated heterocycles. The lowest BCUT2D eigenvalue weighted by Gasteiger charge is -2.34. The molecule has 1 amide bonds. The van der Waals surface area contributed by atoms with Crippen LogP contribution in [-0.4, -0.2) is 35.0 Å². The second kappa shape index (κ2) is 6.77. The maximum Gasteiger partial charge on any atom is 0.290 e. The predicted octanol–water partition coefficient (Wildman–Crippen LogP) is 1.21. The summed E-state index contributed by atoms with van der Waals surface area (Å²) in [5, 5.41) is 3.15. The van der Waals surface area contributed by atoms with Crippen LogP contribution in [0.2, 0.25) is 0 Å². The van der Waals surface area contributed by atoms with Crippen LogP contribution in [0.15, 0.2) is 29.3 Å². The zero-order valence-electron chi connectivity index (χ0n) is 12.6. The van der Waals surface area contributed by atoms with Crippen molar-refractivity contribution in [1.82, 2.24) is 15.3 Å². The number of hydrogen-bond donors (Lipinski definition) is 2. The van der Waals surface area contributed by atoms with E-state index < -0.39 is 0 Å². The first-order chi connectivity index (χ1) is 10.7. The summed E-state index contributed by atoms with van der Waals surface area (Å²) in [6.45, 7) is 1.45. The third-order valence-electron chi connectivity index (χ3n) is 4.40. The fourth-order valence-electron chi connectivity index (χ4n) is 3.21. The van der Waals surface area contributed by atoms with E-state index in [1.807, 2.05) is 4.90 Å². The Hall–Kier alpha value is -2.11. The minimum Gasteiger partial charge on any atom is -0.351 e. The molecule has 0 spiro atoms. The van der Waals surface area contributed by atoms with Gasteiger partial charge in [-0.25, -0.2) is 4.98 Å². The molecule has 0 aromatic carbocycles. The largest absolute Gasteiger partial charge is 0.351 e. The van der Waals surface area contributed by atoms with Gasteiger partial charge in [0, 0.05) is 37.4 Å². The van der Waals surface area contributed by atoms with Crippen molar-refractivity contribution in [3.05, 3.63) is 34.9 Å². The molecule has 1 aliphatic heterocycles. The number of aromatic nitrogens is 2. The van der Waals surface area contributed by atoms with E-state index in [2.05, 4.69) is 27.4 Å². The first-order valence-electron chi connectivity index (χ1n) is 7.98. The summed E-state index contributed by atoms with van der Waals surface area (Å²) < 4.78 is 0. The van der Waals surface area contributed by atoms with Crippen molar-refractivity contribution in [1.29, 1.82) is 0 Å². The molecule has 22 heavy (non-hydrogen) atoms. The molecule has 0 radical (unpaired) electrons. The lowest BCUT2D eigenvalue weighted by Crippen LogP contribution is -2.50. The number of allylic oxidation sites excluding steroid dienone is 2. The van der Waals surface area contributed by atoms with Crippen molar-refractivity contribution in [2.24, 2.45) is 5.92 Å². The van der Waals surface area contributed by atoms with Crippen LogP contribution in [-0.2, 0) is 4.79 Å². The number of anilines is 1. The molecular weight excluding hydrogens is 280 g/mol. The van der Waals surface area contributed by atoms with Crippen molar-refractivity contribution in [3.8, 4) is 0 Å². The number of H-pyrrole nitrogens is 1. The van der Waals surface area contributed by atoms with Gasteiger partial charge in [0.05, 0.1) is 0 Å². The Morgan fingerprint density at radius 3 is 3.05 bits per heavy atom. The van der Waals surface area contributed by atoms with E-state index in [0.29, 0.717) is 12.4 Å². The Morgan fingerprint density at radius 2 is 2.27 bits per heavy atom. The summed E-state index contributed by atoms with van der Waals surface area (Å²) in [6.07, 6.45) is 12.0. The molecule has 1 aliphatic carbocycles. The minimum atomic E-state index is -0.174. The van der Waals surface area contributed by atoms with E-state index in [9.17, 15) is 9.59 Å². The molecule has 3 rings (SSSR count). The summed E-state index contributed by atoms with van der Waals surface area (Å²) in [4.78, 5) is 33.0. The molecule has 0 bridgehead atoms. The number of amides is 1. The highest BCUT2D eigenvalue weighted by Crippen LogP contribution is 2.20. The van der Waals surface area contributed by atoms with Gasteiger partial charge >= 0.3 is 0 Å². The first-order valence-corrected chi connectivity index (χ1v) is 7.98. The zero-order valence-corrected chi connectivity index (χ0v) is 12.6. The molecule has 2 atom stereocenters. The van der Waals surface area contributed by atoms with Gasteiger partial charge in [0.2, 0.25) is 5.91 Å². The maximum absolute atomic E-state index is 12.3. The van der Waals surface area contributed by atoms with Gasteiger partial charge in [-0.3, -0.25) is 9.59 Å². The van der Waals surface area contributed by atoms with Crippen LogP contribution in [0.25, 0.3) is 0 Å². The van der Waals surface area contributed by atoms with Crippen molar-refractivity contribution in [2.75, 3.05) is 18.0 Å². The second-order valence-electron chi connectivity index (χ2n) is 6.02. The molecule has 0 unspecified atom stereocenters. The highest BCUT2D eigenvalue weighted by molar-refractivity contribution is 5.79. The number of nitrogens with one attached hydrogen (secondary N) is 2. The highest BCUT2D eigenvalue weighted by Gasteiger charge is 2.26. The van der Waals surface area contributed by atoms with Gasteiger partial charge < -0.3 is 15.2 Å². The van der Waals surface area contributed by atoms with E-state index in [4.69, 9.17) is 0 Å². The van der Waals surface area contributed by atoms with Crippen LogP contribution < -0.4 is 15.8 Å². The lowest BCUT2D eigenvalue weighted by molar-refractivity contribution is -0.126. The molecule has 0 saturated carbocycles. The van der Waals surface area contributed by atoms with Gasteiger partial charge in [-0.2, -0.15) is 0 Å². The van der Waals surface area contributed by atoms with Crippen LogP contribution in [0.5, 0.6) is 0 Å². The smallest absolute Gasteiger partial charge is 0.290 e. The SMILES string of the molecule is O=C(N[C@@H]1CCCN(c2ncc[nH]c2=O)C1)[C@H]1CC=CCC1. The first kappa shape index (κ1) is 14.8. The summed E-state index contributed by atoms with van der Waals surface area (Å²) in [6, 6.07) is 0.0913. The fourth-order valence-corrected chi connectivity index (χ4v) is 3.21. The summed E-state index contributed by atoms with van der Waals surface area (Å²) in [5.74, 6) is 0.687. The van der Waals surface area contributed by atoms with E-state index in [1.165, 1.54) is 6.20 Å². The molecule has 1 fully saturated rings. The second-order valence-corrected chi connectivity index (χ2v) is 6.02. The third kappa shape index (κ3) is 3.37. The van der Waals surface area contributed by atoms with Crippen LogP contribution in [0.4, 0.5) is 5.82 Å². The number of carbonyl (C=O) groups excluding carboxylic acids is 1. The van der Waals surface area contributed by atoms with Crippen molar-refractivity contribution in [2.45, 2.75) is 38.1 Å². The van der Waals surface area contributed by atoms with Gasteiger partial charge in [0.25, 0.3) is 5.56 Å². The van der Waals surface area contributed by atoms with Crippen LogP contribution in [0, 0.1) is 5.92 Å². The molecule has 2 heterocycles. The molecule has 1 aromatic heterocycles.